The first-order valence-electron chi connectivity index (χ1n) is 53.2. The van der Waals surface area contributed by atoms with E-state index in [1.54, 1.807) is 0 Å². The maximum Gasteiger partial charge on any atom is 0.0966 e. The molecular formula is C107H264N10O4S. The first-order valence-corrected chi connectivity index (χ1v) is 54.4. The van der Waals surface area contributed by atoms with Gasteiger partial charge in [-0.15, -0.1) is 11.8 Å². The molecule has 11 fully saturated rings. The Morgan fingerprint density at radius 1 is 0.230 bits per heavy atom. The molecule has 772 valence electrons. The Kier molecular flexibility index (Phi) is 271. The summed E-state index contributed by atoms with van der Waals surface area (Å²) in [4.78, 5) is 2.50. The lowest BCUT2D eigenvalue weighted by Crippen LogP contribution is -2.46. The van der Waals surface area contributed by atoms with Crippen molar-refractivity contribution in [3.63, 3.8) is 0 Å². The van der Waals surface area contributed by atoms with Gasteiger partial charge in [0.2, 0.25) is 0 Å². The van der Waals surface area contributed by atoms with E-state index in [1.807, 2.05) is 164 Å². The first-order chi connectivity index (χ1) is 58.2. The van der Waals surface area contributed by atoms with Gasteiger partial charge in [-0.2, -0.15) is 0 Å². The summed E-state index contributed by atoms with van der Waals surface area (Å²) in [5.41, 5.74) is 0. The van der Waals surface area contributed by atoms with Gasteiger partial charge in [-0.25, -0.2) is 0 Å². The summed E-state index contributed by atoms with van der Waals surface area (Å²) < 4.78 is 20.3. The Morgan fingerprint density at radius 2 is 0.475 bits per heavy atom. The number of hydrogen-bond acceptors (Lipinski definition) is 15. The van der Waals surface area contributed by atoms with Gasteiger partial charge < -0.3 is 61.5 Å². The van der Waals surface area contributed by atoms with Gasteiger partial charge in [-0.05, 0) is 177 Å². The third-order valence-corrected chi connectivity index (χ3v) is 12.5. The third kappa shape index (κ3) is 347. The van der Waals surface area contributed by atoms with Crippen LogP contribution in [-0.2, 0) is 18.9 Å². The van der Waals surface area contributed by atoms with Crippen LogP contribution in [0.3, 0.4) is 0 Å². The van der Waals surface area contributed by atoms with Gasteiger partial charge in [0.05, 0.1) is 26.0 Å². The topological polar surface area (TPSA) is 148 Å². The molecule has 15 heteroatoms. The Labute approximate surface area is 789 Å². The first kappa shape index (κ1) is 171. The minimum atomic E-state index is 0.443. The normalized spacial score (nSPS) is 16.1. The molecule has 0 aromatic heterocycles. The van der Waals surface area contributed by atoms with Gasteiger partial charge in [0, 0.05) is 116 Å². The highest BCUT2D eigenvalue weighted by Gasteiger charge is 2.16. The number of nitrogens with zero attached hydrogens (tertiary/aromatic N) is 1. The van der Waals surface area contributed by atoms with Gasteiger partial charge in [0.15, 0.2) is 0 Å². The lowest BCUT2D eigenvalue weighted by Gasteiger charge is -2.30. The van der Waals surface area contributed by atoms with Gasteiger partial charge in [0.25, 0.3) is 0 Å². The highest BCUT2D eigenvalue weighted by Crippen LogP contribution is 2.15. The smallest absolute Gasteiger partial charge is 0.0966 e. The minimum absolute atomic E-state index is 0.443. The predicted octanol–water partition coefficient (Wildman–Crippen LogP) is 31.2. The molecule has 1 atom stereocenters. The molecule has 9 N–H and O–H groups in total. The fourth-order valence-electron chi connectivity index (χ4n) is 7.06. The summed E-state index contributed by atoms with van der Waals surface area (Å²) >= 11 is 1.96. The number of piperazine rings is 1. The fourth-order valence-corrected chi connectivity index (χ4v) is 7.78. The Morgan fingerprint density at radius 3 is 0.590 bits per heavy atom. The zero-order valence-corrected chi connectivity index (χ0v) is 97.4. The highest BCUT2D eigenvalue weighted by atomic mass is 32.2. The number of piperidine rings is 1. The van der Waals surface area contributed by atoms with Crippen molar-refractivity contribution in [3.8, 4) is 0 Å². The molecule has 10 heterocycles. The van der Waals surface area contributed by atoms with E-state index in [1.165, 1.54) is 173 Å². The lowest BCUT2D eigenvalue weighted by atomic mass is 10.1. The second-order valence-electron chi connectivity index (χ2n) is 33.7. The van der Waals surface area contributed by atoms with E-state index >= 15 is 0 Å². The standard InChI is InChI=1S/C7H16N2.C7H15NO.C5H11N.C5H10O.C5H10.C4H9N.C4H8O.9C4H10.C3H8N2.C3H7NO.C3H7NS.C3H7N.11C2H6/c1-7(2)9-5-3-8-4-6-9;1-6(2)7-5-8-3-4-9-7;2*1-2-4-6-5-3-1;3*1-2-4-5-3-1;9*1-4(2)3;3*1-2-5-3-4-1;1-2-4-3-1;11*1-2/h7-8H,3-6H2,1-2H3;6-8H,3-5H2,1-2H3;6H,1-5H2;1-5H2;1-5H2;5H,1-4H2;1-4H2;9*4H,1-3H3;4-5H,1-3H2;2*4H,1-3H2;4H,1-3H2;11*1-2H3. The maximum atomic E-state index is 5.48. The Bertz CT molecular complexity index is 967. The lowest BCUT2D eigenvalue weighted by molar-refractivity contribution is 0.000506. The SMILES string of the molecule is C1CCCC1.C1CCNC1.C1CCNCC1.C1CCOC1.C1CCOCC1.C1CNC1.C1CNCN1.C1COCN1.C1CSCN1.CC.CC.CC.CC.CC.CC.CC.CC.CC.CC.CC.CC(C)C.CC(C)C.CC(C)C.CC(C)C.CC(C)C.CC(C)C.CC(C)C.CC(C)C.CC(C)C.CC(C)C1CNCCO1.CC(C)N1CCNCC1. The number of nitrogens with one attached hydrogen (secondary N) is 9. The third-order valence-electron chi connectivity index (χ3n) is 11.6. The summed E-state index contributed by atoms with van der Waals surface area (Å²) in [5, 5.41) is 28.6. The van der Waals surface area contributed by atoms with Crippen molar-refractivity contribution in [2.45, 2.75) is 482 Å². The van der Waals surface area contributed by atoms with Crippen molar-refractivity contribution in [2.24, 2.45) is 59.2 Å². The van der Waals surface area contributed by atoms with Crippen LogP contribution in [-0.4, -0.2) is 186 Å². The van der Waals surface area contributed by atoms with Crippen LogP contribution >= 0.6 is 11.8 Å². The van der Waals surface area contributed by atoms with Crippen molar-refractivity contribution in [1.29, 1.82) is 0 Å². The van der Waals surface area contributed by atoms with Crippen molar-refractivity contribution < 1.29 is 18.9 Å². The van der Waals surface area contributed by atoms with Crippen LogP contribution in [0.1, 0.15) is 470 Å². The maximum absolute atomic E-state index is 5.48. The average Bonchev–Trinajstić information content (AvgIpc) is 1.43. The summed E-state index contributed by atoms with van der Waals surface area (Å²) in [6.45, 7) is 138. The second kappa shape index (κ2) is 193. The van der Waals surface area contributed by atoms with Gasteiger partial charge in [-0.1, -0.05) is 392 Å². The Hall–Kier alpha value is -0.210. The van der Waals surface area contributed by atoms with Crippen LogP contribution in [0.2, 0.25) is 0 Å². The molecule has 0 aromatic rings. The molecule has 10 saturated heterocycles. The van der Waals surface area contributed by atoms with Crippen LogP contribution in [0, 0.1) is 59.2 Å². The molecule has 0 aromatic carbocycles. The molecule has 0 bridgehead atoms. The molecule has 1 unspecified atom stereocenters. The summed E-state index contributed by atoms with van der Waals surface area (Å²) in [6.07, 6.45) is 22.8. The number of hydrogen-bond donors (Lipinski definition) is 9. The Balaban J connectivity index is -0.0000000495. The monoisotopic (exact) mass is 1790 g/mol. The number of ether oxygens (including phenoxy) is 4. The molecule has 10 aliphatic heterocycles. The predicted molar refractivity (Wildman–Crippen MR) is 586 cm³/mol. The van der Waals surface area contributed by atoms with E-state index in [2.05, 4.69) is 267 Å². The molecule has 11 rings (SSSR count). The molecule has 11 aliphatic rings. The summed E-state index contributed by atoms with van der Waals surface area (Å²) in [5.74, 6) is 10.6. The van der Waals surface area contributed by atoms with Crippen molar-refractivity contribution >= 4 is 11.8 Å². The molecular weight excluding hydrogens is 1520 g/mol. The van der Waals surface area contributed by atoms with Crippen LogP contribution < -0.4 is 47.9 Å². The molecule has 122 heavy (non-hydrogen) atoms. The van der Waals surface area contributed by atoms with Gasteiger partial charge in [-0.3, -0.25) is 10.2 Å². The van der Waals surface area contributed by atoms with Crippen molar-refractivity contribution in [1.82, 2.24) is 52.8 Å². The van der Waals surface area contributed by atoms with Crippen LogP contribution in [0.5, 0.6) is 0 Å². The number of morpholine rings is 1. The highest BCUT2D eigenvalue weighted by molar-refractivity contribution is 7.99. The summed E-state index contributed by atoms with van der Waals surface area (Å²) in [6, 6.07) is 0.729. The minimum Gasteiger partial charge on any atom is -0.381 e. The zero-order valence-electron chi connectivity index (χ0n) is 96.6. The van der Waals surface area contributed by atoms with E-state index in [-0.39, 0.29) is 0 Å². The largest absolute Gasteiger partial charge is 0.381 e. The van der Waals surface area contributed by atoms with Crippen molar-refractivity contribution in [3.05, 3.63) is 0 Å². The molecule has 0 spiro atoms. The molecule has 0 amide bonds. The molecule has 1 aliphatic carbocycles. The second-order valence-corrected chi connectivity index (χ2v) is 34.8. The quantitative estimate of drug-likeness (QED) is 0.129. The molecule has 0 radical (unpaired) electrons. The van der Waals surface area contributed by atoms with Crippen molar-refractivity contribution in [2.75, 3.05) is 169 Å². The van der Waals surface area contributed by atoms with E-state index < -0.39 is 0 Å². The molecule has 1 saturated carbocycles. The number of rotatable bonds is 2. The van der Waals surface area contributed by atoms with E-state index in [4.69, 9.17) is 18.9 Å². The van der Waals surface area contributed by atoms with Crippen LogP contribution in [0.25, 0.3) is 0 Å². The van der Waals surface area contributed by atoms with Crippen LogP contribution in [0.4, 0.5) is 0 Å². The molecule has 14 nitrogen and oxygen atoms in total. The van der Waals surface area contributed by atoms with E-state index in [9.17, 15) is 0 Å². The fraction of sp³-hybridized carbons (Fsp3) is 1.00. The average molecular weight is 1790 g/mol. The van der Waals surface area contributed by atoms with E-state index in [0.717, 1.165) is 158 Å². The van der Waals surface area contributed by atoms with Gasteiger partial charge >= 0.3 is 0 Å². The van der Waals surface area contributed by atoms with Gasteiger partial charge in [0.1, 0.15) is 0 Å². The van der Waals surface area contributed by atoms with Crippen LogP contribution in [0.15, 0.2) is 0 Å². The summed E-state index contributed by atoms with van der Waals surface area (Å²) in [7, 11) is 0. The van der Waals surface area contributed by atoms with E-state index in [0.29, 0.717) is 12.0 Å². The number of thioether (sulfide) groups is 1. The zero-order chi connectivity index (χ0) is 100.